The Balaban J connectivity index is 0.00000169. The summed E-state index contributed by atoms with van der Waals surface area (Å²) < 4.78 is 0. The van der Waals surface area contributed by atoms with Crippen LogP contribution in [0.4, 0.5) is 5.82 Å². The Hall–Kier alpha value is -1.89. The van der Waals surface area contributed by atoms with Gasteiger partial charge in [-0.15, -0.1) is 29.9 Å². The first-order chi connectivity index (χ1) is 11.7. The number of rotatable bonds is 6. The van der Waals surface area contributed by atoms with Crippen LogP contribution in [0.3, 0.4) is 0 Å². The summed E-state index contributed by atoms with van der Waals surface area (Å²) >= 11 is 0. The predicted octanol–water partition coefficient (Wildman–Crippen LogP) is 1.98. The molecule has 6 nitrogen and oxygen atoms in total. The molecule has 1 aromatic heterocycles. The van der Waals surface area contributed by atoms with E-state index in [9.17, 15) is 4.79 Å². The quantitative estimate of drug-likeness (QED) is 0.778. The van der Waals surface area contributed by atoms with Gasteiger partial charge in [-0.3, -0.25) is 4.79 Å². The number of hydrogen-bond donors (Lipinski definition) is 2. The van der Waals surface area contributed by atoms with Crippen molar-refractivity contribution in [2.24, 2.45) is 5.73 Å². The molecule has 1 fully saturated rings. The molecule has 0 aliphatic carbocycles. The Labute approximate surface area is 166 Å². The number of aromatic nitrogens is 2. The Morgan fingerprint density at radius 2 is 2.00 bits per heavy atom. The van der Waals surface area contributed by atoms with Crippen LogP contribution in [0, 0.1) is 0 Å². The lowest BCUT2D eigenvalue weighted by Crippen LogP contribution is -2.47. The maximum atomic E-state index is 12.3. The van der Waals surface area contributed by atoms with Crippen LogP contribution in [-0.2, 0) is 11.2 Å². The summed E-state index contributed by atoms with van der Waals surface area (Å²) in [6.07, 6.45) is 4.34. The van der Waals surface area contributed by atoms with Gasteiger partial charge in [0.2, 0.25) is 5.91 Å². The molecule has 3 N–H and O–H groups in total. The minimum absolute atomic E-state index is 0. The van der Waals surface area contributed by atoms with E-state index in [-0.39, 0.29) is 36.8 Å². The third kappa shape index (κ3) is 5.83. The predicted molar refractivity (Wildman–Crippen MR) is 108 cm³/mol. The summed E-state index contributed by atoms with van der Waals surface area (Å²) in [6, 6.07) is 13.4. The van der Waals surface area contributed by atoms with E-state index >= 15 is 0 Å². The van der Waals surface area contributed by atoms with Crippen LogP contribution in [0.25, 0.3) is 0 Å². The number of carbonyl (C=O) groups excluding carboxylic acids is 1. The van der Waals surface area contributed by atoms with E-state index < -0.39 is 6.04 Å². The van der Waals surface area contributed by atoms with E-state index in [1.54, 1.807) is 6.20 Å². The third-order valence-electron chi connectivity index (χ3n) is 4.38. The highest BCUT2D eigenvalue weighted by atomic mass is 35.5. The molecule has 26 heavy (non-hydrogen) atoms. The van der Waals surface area contributed by atoms with Crippen molar-refractivity contribution in [1.29, 1.82) is 0 Å². The van der Waals surface area contributed by atoms with Gasteiger partial charge < -0.3 is 16.0 Å². The van der Waals surface area contributed by atoms with E-state index in [2.05, 4.69) is 20.4 Å². The van der Waals surface area contributed by atoms with Crippen molar-refractivity contribution < 1.29 is 4.79 Å². The van der Waals surface area contributed by atoms with Crippen molar-refractivity contribution in [2.75, 3.05) is 18.0 Å². The minimum Gasteiger partial charge on any atom is -0.353 e. The van der Waals surface area contributed by atoms with Crippen LogP contribution in [0.15, 0.2) is 48.7 Å². The molecule has 1 aliphatic heterocycles. The zero-order chi connectivity index (χ0) is 16.8. The van der Waals surface area contributed by atoms with Crippen molar-refractivity contribution in [1.82, 2.24) is 15.5 Å². The SMILES string of the molecule is Cl.Cl.NC(Cc1ccccc1)C(=O)NCC1CCCN1c1cccnn1. The van der Waals surface area contributed by atoms with Crippen LogP contribution in [0.2, 0.25) is 0 Å². The lowest BCUT2D eigenvalue weighted by Gasteiger charge is -2.25. The molecule has 0 saturated carbocycles. The number of halogens is 2. The molecule has 3 rings (SSSR count). The summed E-state index contributed by atoms with van der Waals surface area (Å²) in [7, 11) is 0. The summed E-state index contributed by atoms with van der Waals surface area (Å²) in [5.41, 5.74) is 7.10. The molecule has 2 aromatic rings. The third-order valence-corrected chi connectivity index (χ3v) is 4.38. The van der Waals surface area contributed by atoms with Crippen molar-refractivity contribution in [3.05, 3.63) is 54.2 Å². The highest BCUT2D eigenvalue weighted by Gasteiger charge is 2.26. The molecule has 1 saturated heterocycles. The smallest absolute Gasteiger partial charge is 0.237 e. The van der Waals surface area contributed by atoms with E-state index in [1.165, 1.54) is 0 Å². The number of carbonyl (C=O) groups is 1. The van der Waals surface area contributed by atoms with Gasteiger partial charge in [0.25, 0.3) is 0 Å². The Bertz CT molecular complexity index is 659. The van der Waals surface area contributed by atoms with Gasteiger partial charge >= 0.3 is 0 Å². The maximum absolute atomic E-state index is 12.3. The Kier molecular flexibility index (Phi) is 9.34. The molecule has 0 spiro atoms. The zero-order valence-corrected chi connectivity index (χ0v) is 16.1. The molecule has 2 heterocycles. The molecular weight excluding hydrogens is 373 g/mol. The Morgan fingerprint density at radius 1 is 1.23 bits per heavy atom. The monoisotopic (exact) mass is 397 g/mol. The molecule has 1 amide bonds. The van der Waals surface area contributed by atoms with Gasteiger partial charge in [-0.05, 0) is 37.0 Å². The van der Waals surface area contributed by atoms with Crippen LogP contribution < -0.4 is 16.0 Å². The van der Waals surface area contributed by atoms with Gasteiger partial charge in [0.15, 0.2) is 5.82 Å². The maximum Gasteiger partial charge on any atom is 0.237 e. The summed E-state index contributed by atoms with van der Waals surface area (Å²) in [6.45, 7) is 1.52. The number of nitrogens with one attached hydrogen (secondary N) is 1. The fourth-order valence-corrected chi connectivity index (χ4v) is 3.11. The first-order valence-electron chi connectivity index (χ1n) is 8.35. The second-order valence-corrected chi connectivity index (χ2v) is 6.11. The van der Waals surface area contributed by atoms with Crippen molar-refractivity contribution in [2.45, 2.75) is 31.3 Å². The van der Waals surface area contributed by atoms with E-state index in [0.717, 1.165) is 30.8 Å². The lowest BCUT2D eigenvalue weighted by molar-refractivity contribution is -0.122. The fraction of sp³-hybridized carbons (Fsp3) is 0.389. The molecule has 2 atom stereocenters. The fourth-order valence-electron chi connectivity index (χ4n) is 3.11. The topological polar surface area (TPSA) is 84.1 Å². The second kappa shape index (κ2) is 11.0. The number of hydrogen-bond acceptors (Lipinski definition) is 5. The molecule has 1 aromatic carbocycles. The summed E-state index contributed by atoms with van der Waals surface area (Å²) in [5.74, 6) is 0.757. The van der Waals surface area contributed by atoms with Crippen LogP contribution >= 0.6 is 24.8 Å². The number of benzene rings is 1. The number of nitrogens with two attached hydrogens (primary N) is 1. The normalized spacial score (nSPS) is 17.0. The van der Waals surface area contributed by atoms with E-state index in [1.807, 2.05) is 42.5 Å². The van der Waals surface area contributed by atoms with Gasteiger partial charge in [-0.1, -0.05) is 30.3 Å². The molecule has 1 aliphatic rings. The first kappa shape index (κ1) is 22.2. The molecule has 0 radical (unpaired) electrons. The number of amides is 1. The number of nitrogens with zero attached hydrogens (tertiary/aromatic N) is 3. The van der Waals surface area contributed by atoms with Crippen molar-refractivity contribution in [3.8, 4) is 0 Å². The highest BCUT2D eigenvalue weighted by Crippen LogP contribution is 2.22. The Morgan fingerprint density at radius 3 is 2.69 bits per heavy atom. The van der Waals surface area contributed by atoms with Gasteiger partial charge in [0, 0.05) is 25.3 Å². The second-order valence-electron chi connectivity index (χ2n) is 6.11. The first-order valence-corrected chi connectivity index (χ1v) is 8.35. The average molecular weight is 398 g/mol. The van der Waals surface area contributed by atoms with E-state index in [4.69, 9.17) is 5.73 Å². The van der Waals surface area contributed by atoms with Gasteiger partial charge in [0.1, 0.15) is 0 Å². The average Bonchev–Trinajstić information content (AvgIpc) is 3.10. The largest absolute Gasteiger partial charge is 0.353 e. The summed E-state index contributed by atoms with van der Waals surface area (Å²) in [5, 5.41) is 11.1. The van der Waals surface area contributed by atoms with E-state index in [0.29, 0.717) is 13.0 Å². The molecule has 8 heteroatoms. The standard InChI is InChI=1S/C18H23N5O.2ClH/c19-16(12-14-6-2-1-3-7-14)18(24)20-13-15-8-5-11-23(15)17-9-4-10-21-22-17;;/h1-4,6-7,9-10,15-16H,5,8,11-13,19H2,(H,20,24);2*1H. The van der Waals surface area contributed by atoms with Crippen LogP contribution in [0.1, 0.15) is 18.4 Å². The molecule has 0 bridgehead atoms. The highest BCUT2D eigenvalue weighted by molar-refractivity contribution is 5.85. The number of anilines is 1. The van der Waals surface area contributed by atoms with Gasteiger partial charge in [-0.25, -0.2) is 0 Å². The minimum atomic E-state index is -0.529. The van der Waals surface area contributed by atoms with Crippen LogP contribution in [0.5, 0.6) is 0 Å². The van der Waals surface area contributed by atoms with Crippen molar-refractivity contribution in [3.63, 3.8) is 0 Å². The molecule has 2 unspecified atom stereocenters. The summed E-state index contributed by atoms with van der Waals surface area (Å²) in [4.78, 5) is 14.5. The van der Waals surface area contributed by atoms with Crippen molar-refractivity contribution >= 4 is 36.5 Å². The molecule has 142 valence electrons. The zero-order valence-electron chi connectivity index (χ0n) is 14.5. The molecular formula is C18H25Cl2N5O. The lowest BCUT2D eigenvalue weighted by atomic mass is 10.1. The van der Waals surface area contributed by atoms with Crippen LogP contribution in [-0.4, -0.2) is 41.3 Å². The van der Waals surface area contributed by atoms with Gasteiger partial charge in [0.05, 0.1) is 6.04 Å². The van der Waals surface area contributed by atoms with Gasteiger partial charge in [-0.2, -0.15) is 5.10 Å².